The summed E-state index contributed by atoms with van der Waals surface area (Å²) in [6, 6.07) is 3.81. The summed E-state index contributed by atoms with van der Waals surface area (Å²) < 4.78 is 26.9. The third-order valence-corrected chi connectivity index (χ3v) is 2.55. The van der Waals surface area contributed by atoms with Crippen molar-refractivity contribution in [3.63, 3.8) is 0 Å². The van der Waals surface area contributed by atoms with Crippen molar-refractivity contribution in [2.75, 3.05) is 11.1 Å². The number of rotatable bonds is 2. The van der Waals surface area contributed by atoms with Crippen molar-refractivity contribution in [1.29, 1.82) is 0 Å². The summed E-state index contributed by atoms with van der Waals surface area (Å²) in [5, 5.41) is 2.63. The molecule has 0 aliphatic carbocycles. The van der Waals surface area contributed by atoms with Crippen LogP contribution in [0.2, 0.25) is 0 Å². The van der Waals surface area contributed by atoms with Gasteiger partial charge >= 0.3 is 0 Å². The van der Waals surface area contributed by atoms with Gasteiger partial charge in [-0.25, -0.2) is 13.8 Å². The molecule has 0 amide bonds. The second kappa shape index (κ2) is 4.62. The molecule has 2 aromatic rings. The Labute approximate surface area is 104 Å². The van der Waals surface area contributed by atoms with Gasteiger partial charge in [-0.2, -0.15) is 4.98 Å². The number of aromatic nitrogens is 2. The molecule has 0 atom stereocenters. The molecule has 0 radical (unpaired) electrons. The molecule has 0 aliphatic heterocycles. The molecule has 0 saturated heterocycles. The molecule has 1 aromatic heterocycles. The molecule has 0 saturated carbocycles. The van der Waals surface area contributed by atoms with Crippen LogP contribution in [0.25, 0.3) is 0 Å². The first-order chi connectivity index (χ1) is 8.08. The third kappa shape index (κ3) is 2.50. The molecule has 1 aromatic carbocycles. The summed E-state index contributed by atoms with van der Waals surface area (Å²) in [6.45, 7) is 0. The fourth-order valence-electron chi connectivity index (χ4n) is 1.20. The van der Waals surface area contributed by atoms with E-state index >= 15 is 0 Å². The lowest BCUT2D eigenvalue weighted by Crippen LogP contribution is -2.02. The molecule has 4 nitrogen and oxygen atoms in total. The zero-order valence-electron chi connectivity index (χ0n) is 8.42. The first kappa shape index (κ1) is 11.7. The number of benzene rings is 1. The van der Waals surface area contributed by atoms with E-state index in [4.69, 9.17) is 5.73 Å². The van der Waals surface area contributed by atoms with Crippen LogP contribution < -0.4 is 11.1 Å². The summed E-state index contributed by atoms with van der Waals surface area (Å²) in [4.78, 5) is 7.59. The van der Waals surface area contributed by atoms with Gasteiger partial charge in [0, 0.05) is 6.20 Å². The molecule has 2 rings (SSSR count). The molecule has 0 bridgehead atoms. The van der Waals surface area contributed by atoms with Gasteiger partial charge in [0.05, 0.1) is 10.2 Å². The second-order valence-corrected chi connectivity index (χ2v) is 4.01. The van der Waals surface area contributed by atoms with E-state index in [1.165, 1.54) is 18.3 Å². The molecule has 0 unspecified atom stereocenters. The van der Waals surface area contributed by atoms with Gasteiger partial charge in [-0.15, -0.1) is 0 Å². The lowest BCUT2D eigenvalue weighted by molar-refractivity contribution is 0.511. The number of nitrogens with one attached hydrogen (secondary N) is 1. The topological polar surface area (TPSA) is 63.8 Å². The maximum absolute atomic E-state index is 13.4. The van der Waals surface area contributed by atoms with Crippen molar-refractivity contribution in [2.24, 2.45) is 0 Å². The first-order valence-electron chi connectivity index (χ1n) is 4.57. The number of nitrogens with zero attached hydrogens (tertiary/aromatic N) is 2. The van der Waals surface area contributed by atoms with E-state index in [0.29, 0.717) is 4.47 Å². The lowest BCUT2D eigenvalue weighted by Gasteiger charge is -2.08. The van der Waals surface area contributed by atoms with E-state index in [2.05, 4.69) is 31.2 Å². The Morgan fingerprint density at radius 1 is 1.29 bits per heavy atom. The predicted molar refractivity (Wildman–Crippen MR) is 63.8 cm³/mol. The maximum atomic E-state index is 13.4. The number of hydrogen-bond acceptors (Lipinski definition) is 4. The van der Waals surface area contributed by atoms with E-state index < -0.39 is 11.6 Å². The van der Waals surface area contributed by atoms with Crippen LogP contribution in [0.4, 0.5) is 26.2 Å². The van der Waals surface area contributed by atoms with Crippen molar-refractivity contribution in [3.8, 4) is 0 Å². The summed E-state index contributed by atoms with van der Waals surface area (Å²) in [5.74, 6) is -1.61. The van der Waals surface area contributed by atoms with Gasteiger partial charge in [-0.05, 0) is 28.1 Å². The molecule has 17 heavy (non-hydrogen) atoms. The van der Waals surface area contributed by atoms with E-state index in [1.807, 2.05) is 0 Å². The molecular formula is C10H7BrF2N4. The van der Waals surface area contributed by atoms with Crippen LogP contribution in [-0.4, -0.2) is 9.97 Å². The largest absolute Gasteiger partial charge is 0.368 e. The van der Waals surface area contributed by atoms with Gasteiger partial charge < -0.3 is 11.1 Å². The number of nitrogen functional groups attached to an aromatic ring is 1. The molecule has 1 heterocycles. The smallest absolute Gasteiger partial charge is 0.222 e. The Hall–Kier alpha value is -1.76. The molecule has 3 N–H and O–H groups in total. The van der Waals surface area contributed by atoms with Crippen LogP contribution in [0.3, 0.4) is 0 Å². The van der Waals surface area contributed by atoms with Gasteiger partial charge in [-0.1, -0.05) is 6.07 Å². The van der Waals surface area contributed by atoms with E-state index in [1.54, 1.807) is 0 Å². The van der Waals surface area contributed by atoms with E-state index in [9.17, 15) is 8.78 Å². The van der Waals surface area contributed by atoms with Crippen molar-refractivity contribution in [1.82, 2.24) is 9.97 Å². The highest BCUT2D eigenvalue weighted by Crippen LogP contribution is 2.25. The molecular weight excluding hydrogens is 294 g/mol. The van der Waals surface area contributed by atoms with Crippen molar-refractivity contribution in [3.05, 3.63) is 40.5 Å². The van der Waals surface area contributed by atoms with Gasteiger partial charge in [0.2, 0.25) is 5.95 Å². The Balaban J connectivity index is 2.38. The lowest BCUT2D eigenvalue weighted by atomic mass is 10.3. The van der Waals surface area contributed by atoms with Crippen molar-refractivity contribution >= 4 is 33.4 Å². The molecule has 0 aliphatic rings. The highest BCUT2D eigenvalue weighted by Gasteiger charge is 2.10. The van der Waals surface area contributed by atoms with Crippen LogP contribution >= 0.6 is 15.9 Å². The van der Waals surface area contributed by atoms with Crippen LogP contribution in [0.15, 0.2) is 28.9 Å². The minimum atomic E-state index is -0.975. The fourth-order valence-corrected chi connectivity index (χ4v) is 1.49. The number of nitrogens with two attached hydrogens (primary N) is 1. The normalized spacial score (nSPS) is 10.3. The number of hydrogen-bond donors (Lipinski definition) is 2. The fraction of sp³-hybridized carbons (Fsp3) is 0. The summed E-state index contributed by atoms with van der Waals surface area (Å²) in [5.41, 5.74) is 5.37. The number of halogens is 3. The Bertz CT molecular complexity index is 562. The van der Waals surface area contributed by atoms with Crippen molar-refractivity contribution in [2.45, 2.75) is 0 Å². The highest BCUT2D eigenvalue weighted by molar-refractivity contribution is 9.10. The minimum Gasteiger partial charge on any atom is -0.368 e. The molecule has 0 fully saturated rings. The van der Waals surface area contributed by atoms with Crippen molar-refractivity contribution < 1.29 is 8.78 Å². The third-order valence-electron chi connectivity index (χ3n) is 1.97. The van der Waals surface area contributed by atoms with E-state index in [0.717, 1.165) is 6.07 Å². The van der Waals surface area contributed by atoms with Gasteiger partial charge in [0.1, 0.15) is 5.82 Å². The zero-order valence-corrected chi connectivity index (χ0v) is 10.0. The second-order valence-electron chi connectivity index (χ2n) is 3.15. The highest BCUT2D eigenvalue weighted by atomic mass is 79.9. The zero-order chi connectivity index (χ0) is 12.4. The summed E-state index contributed by atoms with van der Waals surface area (Å²) in [7, 11) is 0. The molecule has 88 valence electrons. The van der Waals surface area contributed by atoms with Crippen LogP contribution in [0.1, 0.15) is 0 Å². The average molecular weight is 301 g/mol. The SMILES string of the molecule is Nc1ncc(Br)c(Nc2cccc(F)c2F)n1. The first-order valence-corrected chi connectivity index (χ1v) is 5.36. The van der Waals surface area contributed by atoms with Gasteiger partial charge in [0.25, 0.3) is 0 Å². The quantitative estimate of drug-likeness (QED) is 0.895. The standard InChI is InChI=1S/C10H7BrF2N4/c11-5-4-15-10(14)17-9(5)16-7-3-1-2-6(12)8(7)13/h1-4H,(H3,14,15,16,17). The minimum absolute atomic E-state index is 0.0243. The van der Waals surface area contributed by atoms with Gasteiger partial charge in [0.15, 0.2) is 11.6 Å². The Kier molecular flexibility index (Phi) is 3.19. The monoisotopic (exact) mass is 300 g/mol. The Morgan fingerprint density at radius 2 is 2.06 bits per heavy atom. The van der Waals surface area contributed by atoms with Gasteiger partial charge in [-0.3, -0.25) is 0 Å². The maximum Gasteiger partial charge on any atom is 0.222 e. The van der Waals surface area contributed by atoms with Crippen LogP contribution in [0, 0.1) is 11.6 Å². The summed E-state index contributed by atoms with van der Waals surface area (Å²) in [6.07, 6.45) is 1.42. The summed E-state index contributed by atoms with van der Waals surface area (Å²) >= 11 is 3.17. The predicted octanol–water partition coefficient (Wildman–Crippen LogP) is 2.84. The van der Waals surface area contributed by atoms with E-state index in [-0.39, 0.29) is 17.5 Å². The molecule has 0 spiro atoms. The number of anilines is 3. The van der Waals surface area contributed by atoms with Crippen LogP contribution in [0.5, 0.6) is 0 Å². The van der Waals surface area contributed by atoms with Crippen LogP contribution in [-0.2, 0) is 0 Å². The Morgan fingerprint density at radius 3 is 2.82 bits per heavy atom. The molecule has 7 heteroatoms. The average Bonchev–Trinajstić information content (AvgIpc) is 2.30.